The number of nitrogens with one attached hydrogen (secondary N) is 2. The number of carbonyl (C=O) groups excluding carboxylic acids is 2. The summed E-state index contributed by atoms with van der Waals surface area (Å²) in [6.45, 7) is 1.62. The molecule has 2 amide bonds. The van der Waals surface area contributed by atoms with E-state index < -0.39 is 5.41 Å². The number of H-pyrrole nitrogens is 1. The van der Waals surface area contributed by atoms with Gasteiger partial charge in [-0.2, -0.15) is 0 Å². The van der Waals surface area contributed by atoms with Crippen LogP contribution in [0.25, 0.3) is 10.9 Å². The molecule has 0 radical (unpaired) electrons. The summed E-state index contributed by atoms with van der Waals surface area (Å²) in [5.41, 5.74) is 3.57. The van der Waals surface area contributed by atoms with Crippen LogP contribution in [0.2, 0.25) is 0 Å². The lowest BCUT2D eigenvalue weighted by molar-refractivity contribution is -0.136. The number of aromatic nitrogens is 1. The van der Waals surface area contributed by atoms with Crippen molar-refractivity contribution < 1.29 is 14.0 Å². The van der Waals surface area contributed by atoms with E-state index in [1.807, 2.05) is 53.6 Å². The molecule has 4 aromatic rings. The van der Waals surface area contributed by atoms with Crippen molar-refractivity contribution in [3.8, 4) is 0 Å². The van der Waals surface area contributed by atoms with Crippen molar-refractivity contribution >= 4 is 22.7 Å². The average molecular weight is 498 g/mol. The van der Waals surface area contributed by atoms with Gasteiger partial charge in [0.2, 0.25) is 11.8 Å². The second-order valence-corrected chi connectivity index (χ2v) is 9.82. The first-order valence-corrected chi connectivity index (χ1v) is 13.0. The van der Waals surface area contributed by atoms with Crippen molar-refractivity contribution in [2.75, 3.05) is 19.6 Å². The number of amides is 2. The van der Waals surface area contributed by atoms with E-state index in [9.17, 15) is 14.0 Å². The molecule has 190 valence electrons. The van der Waals surface area contributed by atoms with Gasteiger partial charge in [-0.05, 0) is 60.6 Å². The predicted molar refractivity (Wildman–Crippen MR) is 144 cm³/mol. The zero-order valence-corrected chi connectivity index (χ0v) is 20.9. The van der Waals surface area contributed by atoms with Crippen LogP contribution in [0.15, 0.2) is 85.1 Å². The topological polar surface area (TPSA) is 65.2 Å². The third-order valence-corrected chi connectivity index (χ3v) is 7.63. The molecule has 0 bridgehead atoms. The van der Waals surface area contributed by atoms with Gasteiger partial charge in [0.05, 0.1) is 5.41 Å². The first-order valence-electron chi connectivity index (χ1n) is 13.0. The highest BCUT2D eigenvalue weighted by atomic mass is 19.1. The summed E-state index contributed by atoms with van der Waals surface area (Å²) in [7, 11) is 0. The largest absolute Gasteiger partial charge is 0.361 e. The van der Waals surface area contributed by atoms with E-state index in [1.54, 1.807) is 12.1 Å². The van der Waals surface area contributed by atoms with E-state index in [-0.39, 0.29) is 17.6 Å². The Kier molecular flexibility index (Phi) is 7.35. The molecule has 2 heterocycles. The number of para-hydroxylation sites is 1. The van der Waals surface area contributed by atoms with Crippen LogP contribution in [0.1, 0.15) is 36.0 Å². The number of fused-ring (bicyclic) bond motifs is 1. The highest BCUT2D eigenvalue weighted by molar-refractivity contribution is 5.89. The molecule has 5 rings (SSSR count). The molecule has 1 saturated heterocycles. The average Bonchev–Trinajstić information content (AvgIpc) is 3.36. The number of hydrogen-bond acceptors (Lipinski definition) is 2. The second-order valence-electron chi connectivity index (χ2n) is 9.82. The fourth-order valence-corrected chi connectivity index (χ4v) is 5.42. The van der Waals surface area contributed by atoms with Crippen molar-refractivity contribution in [2.45, 2.75) is 37.5 Å². The van der Waals surface area contributed by atoms with Crippen molar-refractivity contribution in [1.82, 2.24) is 15.2 Å². The Morgan fingerprint density at radius 3 is 2.35 bits per heavy atom. The highest BCUT2D eigenvalue weighted by Crippen LogP contribution is 2.36. The third kappa shape index (κ3) is 5.43. The molecule has 1 aliphatic rings. The zero-order valence-electron chi connectivity index (χ0n) is 20.9. The Hall–Kier alpha value is -3.93. The summed E-state index contributed by atoms with van der Waals surface area (Å²) >= 11 is 0. The summed E-state index contributed by atoms with van der Waals surface area (Å²) in [6, 6.07) is 24.4. The second kappa shape index (κ2) is 11.0. The van der Waals surface area contributed by atoms with Crippen molar-refractivity contribution in [1.29, 1.82) is 0 Å². The van der Waals surface area contributed by atoms with Gasteiger partial charge in [-0.25, -0.2) is 4.39 Å². The van der Waals surface area contributed by atoms with Gasteiger partial charge in [-0.3, -0.25) is 9.59 Å². The van der Waals surface area contributed by atoms with Crippen LogP contribution in [-0.2, 0) is 27.8 Å². The van der Waals surface area contributed by atoms with Crippen LogP contribution < -0.4 is 5.32 Å². The first-order chi connectivity index (χ1) is 18.0. The number of piperidine rings is 1. The molecule has 0 aliphatic carbocycles. The van der Waals surface area contributed by atoms with Crippen LogP contribution in [0.5, 0.6) is 0 Å². The van der Waals surface area contributed by atoms with Gasteiger partial charge in [0.1, 0.15) is 5.82 Å². The molecule has 0 spiro atoms. The Bertz CT molecular complexity index is 1360. The third-order valence-electron chi connectivity index (χ3n) is 7.63. The van der Waals surface area contributed by atoms with Crippen molar-refractivity contribution in [3.05, 3.63) is 108 Å². The van der Waals surface area contributed by atoms with E-state index in [4.69, 9.17) is 0 Å². The Labute approximate surface area is 216 Å². The maximum absolute atomic E-state index is 13.7. The molecule has 0 unspecified atom stereocenters. The molecule has 37 heavy (non-hydrogen) atoms. The Morgan fingerprint density at radius 2 is 1.59 bits per heavy atom. The zero-order chi connectivity index (χ0) is 25.7. The molecule has 2 N–H and O–H groups in total. The summed E-state index contributed by atoms with van der Waals surface area (Å²) < 4.78 is 13.2. The predicted octanol–water partition coefficient (Wildman–Crippen LogP) is 5.16. The lowest BCUT2D eigenvalue weighted by Crippen LogP contribution is -2.53. The van der Waals surface area contributed by atoms with Crippen molar-refractivity contribution in [2.24, 2.45) is 0 Å². The van der Waals surface area contributed by atoms with E-state index in [2.05, 4.69) is 22.4 Å². The number of halogens is 1. The SMILES string of the molecule is O=C(CCc1ccc(F)cc1)N1CCC(C(=O)NCCc2c[nH]c3ccccc23)(c2ccccc2)CC1. The van der Waals surface area contributed by atoms with E-state index in [0.29, 0.717) is 45.3 Å². The number of nitrogens with zero attached hydrogens (tertiary/aromatic N) is 1. The lowest BCUT2D eigenvalue weighted by Gasteiger charge is -2.41. The molecule has 0 atom stereocenters. The molecule has 6 heteroatoms. The van der Waals surface area contributed by atoms with Gasteiger partial charge < -0.3 is 15.2 Å². The van der Waals surface area contributed by atoms with Crippen LogP contribution >= 0.6 is 0 Å². The molecule has 3 aromatic carbocycles. The maximum atomic E-state index is 13.7. The maximum Gasteiger partial charge on any atom is 0.230 e. The van der Waals surface area contributed by atoms with Gasteiger partial charge in [0.15, 0.2) is 0 Å². The van der Waals surface area contributed by atoms with E-state index >= 15 is 0 Å². The quantitative estimate of drug-likeness (QED) is 0.353. The fourth-order valence-electron chi connectivity index (χ4n) is 5.42. The number of rotatable bonds is 8. The number of benzene rings is 3. The smallest absolute Gasteiger partial charge is 0.230 e. The minimum absolute atomic E-state index is 0.0250. The molecule has 0 saturated carbocycles. The van der Waals surface area contributed by atoms with Crippen LogP contribution in [0.3, 0.4) is 0 Å². The standard InChI is InChI=1S/C31H32FN3O2/c32-26-13-10-23(11-14-26)12-15-29(36)35-20-17-31(18-21-35,25-6-2-1-3-7-25)30(37)33-19-16-24-22-34-28-9-5-4-8-27(24)28/h1-11,13-14,22,34H,12,15-21H2,(H,33,37). The van der Waals surface area contributed by atoms with Crippen molar-refractivity contribution in [3.63, 3.8) is 0 Å². The van der Waals surface area contributed by atoms with Crippen LogP contribution in [0.4, 0.5) is 4.39 Å². The van der Waals surface area contributed by atoms with Crippen LogP contribution in [-0.4, -0.2) is 41.3 Å². The fraction of sp³-hybridized carbons (Fsp3) is 0.290. The number of hydrogen-bond donors (Lipinski definition) is 2. The molecular formula is C31H32FN3O2. The number of carbonyl (C=O) groups is 2. The Morgan fingerprint density at radius 1 is 0.892 bits per heavy atom. The lowest BCUT2D eigenvalue weighted by atomic mass is 9.72. The summed E-state index contributed by atoms with van der Waals surface area (Å²) in [4.78, 5) is 31.7. The van der Waals surface area contributed by atoms with Crippen LogP contribution in [0, 0.1) is 5.82 Å². The molecule has 5 nitrogen and oxygen atoms in total. The molecule has 1 fully saturated rings. The summed E-state index contributed by atoms with van der Waals surface area (Å²) in [5.74, 6) is -0.175. The minimum Gasteiger partial charge on any atom is -0.361 e. The monoisotopic (exact) mass is 497 g/mol. The van der Waals surface area contributed by atoms with Gasteiger partial charge in [0.25, 0.3) is 0 Å². The minimum atomic E-state index is -0.658. The Balaban J connectivity index is 1.22. The number of likely N-dealkylation sites (tertiary alicyclic amines) is 1. The highest BCUT2D eigenvalue weighted by Gasteiger charge is 2.43. The summed E-state index contributed by atoms with van der Waals surface area (Å²) in [6.07, 6.45) is 4.87. The number of aromatic amines is 1. The number of aryl methyl sites for hydroxylation is 1. The summed E-state index contributed by atoms with van der Waals surface area (Å²) in [5, 5.41) is 4.39. The molecular weight excluding hydrogens is 465 g/mol. The van der Waals surface area contributed by atoms with Gasteiger partial charge in [0, 0.05) is 43.2 Å². The first kappa shape index (κ1) is 24.8. The van der Waals surface area contributed by atoms with Gasteiger partial charge in [-0.1, -0.05) is 60.7 Å². The van der Waals surface area contributed by atoms with E-state index in [0.717, 1.165) is 23.1 Å². The van der Waals surface area contributed by atoms with Gasteiger partial charge in [-0.15, -0.1) is 0 Å². The van der Waals surface area contributed by atoms with Gasteiger partial charge >= 0.3 is 0 Å². The molecule has 1 aromatic heterocycles. The normalized spacial score (nSPS) is 15.0. The van der Waals surface area contributed by atoms with E-state index in [1.165, 1.54) is 23.1 Å². The molecule has 1 aliphatic heterocycles.